The minimum absolute atomic E-state index is 0.608. The Morgan fingerprint density at radius 3 is 3.11 bits per heavy atom. The van der Waals surface area contributed by atoms with Crippen molar-refractivity contribution >= 4 is 11.1 Å². The van der Waals surface area contributed by atoms with Gasteiger partial charge < -0.3 is 10.2 Å². The van der Waals surface area contributed by atoms with Gasteiger partial charge >= 0.3 is 0 Å². The molecule has 5 nitrogen and oxygen atoms in total. The van der Waals surface area contributed by atoms with E-state index in [0.717, 1.165) is 34.3 Å². The third-order valence-electron chi connectivity index (χ3n) is 3.08. The molecular weight excluding hydrogens is 228 g/mol. The number of rotatable bonds is 3. The normalized spacial score (nSPS) is 11.2. The van der Waals surface area contributed by atoms with E-state index in [1.807, 2.05) is 36.1 Å². The molecule has 0 aliphatic carbocycles. The maximum absolute atomic E-state index is 5.64. The lowest BCUT2D eigenvalue weighted by Crippen LogP contribution is -2.08. The number of benzene rings is 1. The molecule has 0 bridgehead atoms. The van der Waals surface area contributed by atoms with Crippen LogP contribution < -0.4 is 5.73 Å². The van der Waals surface area contributed by atoms with Crippen LogP contribution in [0.15, 0.2) is 35.2 Å². The van der Waals surface area contributed by atoms with Crippen LogP contribution in [0.4, 0.5) is 0 Å². The van der Waals surface area contributed by atoms with Crippen molar-refractivity contribution in [2.45, 2.75) is 6.42 Å². The molecule has 0 radical (unpaired) electrons. The largest absolute Gasteiger partial charge is 0.443 e. The van der Waals surface area contributed by atoms with Crippen molar-refractivity contribution in [2.24, 2.45) is 12.8 Å². The molecular formula is C13H14N4O. The standard InChI is InChI=1S/C13H14N4O/c1-17-12(4-5-14)10(7-16-17)9-2-3-11-13(6-9)18-8-15-11/h2-3,6-8H,4-5,14H2,1H3. The van der Waals surface area contributed by atoms with Crippen LogP contribution >= 0.6 is 0 Å². The number of oxazole rings is 1. The van der Waals surface area contributed by atoms with Gasteiger partial charge in [0.15, 0.2) is 12.0 Å². The van der Waals surface area contributed by atoms with Crippen molar-refractivity contribution in [3.63, 3.8) is 0 Å². The zero-order valence-corrected chi connectivity index (χ0v) is 10.1. The van der Waals surface area contributed by atoms with E-state index >= 15 is 0 Å². The van der Waals surface area contributed by atoms with Gasteiger partial charge in [-0.25, -0.2) is 4.98 Å². The van der Waals surface area contributed by atoms with Gasteiger partial charge in [-0.15, -0.1) is 0 Å². The van der Waals surface area contributed by atoms with Crippen LogP contribution in [0.5, 0.6) is 0 Å². The molecule has 0 saturated heterocycles. The highest BCUT2D eigenvalue weighted by Gasteiger charge is 2.11. The Bertz CT molecular complexity index is 683. The minimum atomic E-state index is 0.608. The quantitative estimate of drug-likeness (QED) is 0.759. The summed E-state index contributed by atoms with van der Waals surface area (Å²) in [6.45, 7) is 0.608. The van der Waals surface area contributed by atoms with E-state index in [4.69, 9.17) is 10.2 Å². The smallest absolute Gasteiger partial charge is 0.181 e. The number of hydrogen-bond acceptors (Lipinski definition) is 4. The lowest BCUT2D eigenvalue weighted by atomic mass is 10.0. The summed E-state index contributed by atoms with van der Waals surface area (Å²) in [5.41, 5.74) is 10.6. The second kappa shape index (κ2) is 4.27. The van der Waals surface area contributed by atoms with Gasteiger partial charge in [-0.3, -0.25) is 4.68 Å². The zero-order chi connectivity index (χ0) is 12.5. The first kappa shape index (κ1) is 11.0. The van der Waals surface area contributed by atoms with E-state index in [1.165, 1.54) is 6.39 Å². The van der Waals surface area contributed by atoms with E-state index in [1.54, 1.807) is 0 Å². The van der Waals surface area contributed by atoms with Gasteiger partial charge in [0.05, 0.1) is 6.20 Å². The number of aryl methyl sites for hydroxylation is 1. The van der Waals surface area contributed by atoms with Crippen LogP contribution in [-0.2, 0) is 13.5 Å². The monoisotopic (exact) mass is 242 g/mol. The molecule has 2 heterocycles. The Hall–Kier alpha value is -2.14. The van der Waals surface area contributed by atoms with E-state index in [0.29, 0.717) is 6.54 Å². The summed E-state index contributed by atoms with van der Waals surface area (Å²) < 4.78 is 7.19. The Kier molecular flexibility index (Phi) is 2.60. The van der Waals surface area contributed by atoms with Gasteiger partial charge in [0, 0.05) is 24.7 Å². The van der Waals surface area contributed by atoms with Gasteiger partial charge in [-0.05, 0) is 24.2 Å². The Labute approximate surface area is 104 Å². The maximum atomic E-state index is 5.64. The molecule has 0 spiro atoms. The van der Waals surface area contributed by atoms with Crippen molar-refractivity contribution in [3.05, 3.63) is 36.5 Å². The number of nitrogens with zero attached hydrogens (tertiary/aromatic N) is 3. The predicted molar refractivity (Wildman–Crippen MR) is 69.0 cm³/mol. The highest BCUT2D eigenvalue weighted by Crippen LogP contribution is 2.26. The fraction of sp³-hybridized carbons (Fsp3) is 0.231. The summed E-state index contributed by atoms with van der Waals surface area (Å²) in [7, 11) is 1.93. The molecule has 2 aromatic heterocycles. The summed E-state index contributed by atoms with van der Waals surface area (Å²) in [6, 6.07) is 5.97. The molecule has 0 aliphatic rings. The highest BCUT2D eigenvalue weighted by molar-refractivity contribution is 5.80. The van der Waals surface area contributed by atoms with E-state index in [-0.39, 0.29) is 0 Å². The fourth-order valence-electron chi connectivity index (χ4n) is 2.16. The summed E-state index contributed by atoms with van der Waals surface area (Å²) in [5, 5.41) is 4.29. The second-order valence-corrected chi connectivity index (χ2v) is 4.20. The molecule has 92 valence electrons. The summed E-state index contributed by atoms with van der Waals surface area (Å²) in [4.78, 5) is 4.11. The number of fused-ring (bicyclic) bond motifs is 1. The van der Waals surface area contributed by atoms with E-state index in [9.17, 15) is 0 Å². The van der Waals surface area contributed by atoms with Crippen LogP contribution in [0, 0.1) is 0 Å². The van der Waals surface area contributed by atoms with Gasteiger partial charge in [-0.2, -0.15) is 5.10 Å². The van der Waals surface area contributed by atoms with Crippen molar-refractivity contribution in [3.8, 4) is 11.1 Å². The first-order chi connectivity index (χ1) is 8.79. The minimum Gasteiger partial charge on any atom is -0.443 e. The molecule has 3 rings (SSSR count). The van der Waals surface area contributed by atoms with Crippen molar-refractivity contribution in [1.29, 1.82) is 0 Å². The molecule has 2 N–H and O–H groups in total. The number of nitrogens with two attached hydrogens (primary N) is 1. The van der Waals surface area contributed by atoms with Crippen molar-refractivity contribution in [2.75, 3.05) is 6.54 Å². The Morgan fingerprint density at radius 2 is 2.28 bits per heavy atom. The van der Waals surface area contributed by atoms with E-state index in [2.05, 4.69) is 10.1 Å². The first-order valence-electron chi connectivity index (χ1n) is 5.84. The number of hydrogen-bond donors (Lipinski definition) is 1. The molecule has 18 heavy (non-hydrogen) atoms. The molecule has 1 aromatic carbocycles. The molecule has 0 saturated carbocycles. The lowest BCUT2D eigenvalue weighted by Gasteiger charge is -2.04. The lowest BCUT2D eigenvalue weighted by molar-refractivity contribution is 0.602. The topological polar surface area (TPSA) is 69.9 Å². The average Bonchev–Trinajstić information content (AvgIpc) is 2.97. The van der Waals surface area contributed by atoms with Gasteiger partial charge in [0.1, 0.15) is 5.52 Å². The Morgan fingerprint density at radius 1 is 1.39 bits per heavy atom. The second-order valence-electron chi connectivity index (χ2n) is 4.20. The molecule has 0 unspecified atom stereocenters. The van der Waals surface area contributed by atoms with Crippen LogP contribution in [0.2, 0.25) is 0 Å². The fourth-order valence-corrected chi connectivity index (χ4v) is 2.16. The van der Waals surface area contributed by atoms with Crippen LogP contribution in [-0.4, -0.2) is 21.3 Å². The van der Waals surface area contributed by atoms with Crippen LogP contribution in [0.3, 0.4) is 0 Å². The van der Waals surface area contributed by atoms with Gasteiger partial charge in [-0.1, -0.05) is 6.07 Å². The van der Waals surface area contributed by atoms with Crippen molar-refractivity contribution in [1.82, 2.24) is 14.8 Å². The highest BCUT2D eigenvalue weighted by atomic mass is 16.3. The van der Waals surface area contributed by atoms with Crippen LogP contribution in [0.25, 0.3) is 22.2 Å². The first-order valence-corrected chi connectivity index (χ1v) is 5.84. The molecule has 0 atom stereocenters. The van der Waals surface area contributed by atoms with Crippen molar-refractivity contribution < 1.29 is 4.42 Å². The SMILES string of the molecule is Cn1ncc(-c2ccc3ncoc3c2)c1CCN. The van der Waals surface area contributed by atoms with Crippen LogP contribution in [0.1, 0.15) is 5.69 Å². The molecule has 0 fully saturated rings. The maximum Gasteiger partial charge on any atom is 0.181 e. The predicted octanol–water partition coefficient (Wildman–Crippen LogP) is 1.73. The Balaban J connectivity index is 2.13. The molecule has 3 aromatic rings. The third-order valence-corrected chi connectivity index (χ3v) is 3.08. The zero-order valence-electron chi connectivity index (χ0n) is 10.1. The summed E-state index contributed by atoms with van der Waals surface area (Å²) in [6.07, 6.45) is 4.13. The van der Waals surface area contributed by atoms with Gasteiger partial charge in [0.25, 0.3) is 0 Å². The van der Waals surface area contributed by atoms with E-state index < -0.39 is 0 Å². The summed E-state index contributed by atoms with van der Waals surface area (Å²) >= 11 is 0. The number of aromatic nitrogens is 3. The molecule has 0 amide bonds. The summed E-state index contributed by atoms with van der Waals surface area (Å²) in [5.74, 6) is 0. The molecule has 0 aliphatic heterocycles. The third kappa shape index (κ3) is 1.69. The molecule has 5 heteroatoms. The van der Waals surface area contributed by atoms with Gasteiger partial charge in [0.2, 0.25) is 0 Å². The average molecular weight is 242 g/mol.